The van der Waals surface area contributed by atoms with E-state index >= 15 is 0 Å². The van der Waals surface area contributed by atoms with Crippen LogP contribution in [0.5, 0.6) is 0 Å². The highest BCUT2D eigenvalue weighted by molar-refractivity contribution is 6.64. The average Bonchev–Trinajstić information content (AvgIpc) is 3.06. The van der Waals surface area contributed by atoms with Crippen molar-refractivity contribution in [3.05, 3.63) is 48.7 Å². The van der Waals surface area contributed by atoms with Gasteiger partial charge in [0.2, 0.25) is 0 Å². The Hall–Kier alpha value is -2.37. The zero-order valence-corrected chi connectivity index (χ0v) is 15.4. The minimum Gasteiger partial charge on any atom is -0.456 e. The molecule has 2 aromatic heterocycles. The van der Waals surface area contributed by atoms with Crippen LogP contribution in [0.4, 0.5) is 0 Å². The Kier molecular flexibility index (Phi) is 3.10. The van der Waals surface area contributed by atoms with E-state index in [9.17, 15) is 0 Å². The molecule has 26 heavy (non-hydrogen) atoms. The molecule has 0 amide bonds. The fraction of sp³-hybridized carbons (Fsp3) is 0.286. The zero-order chi connectivity index (χ0) is 18.1. The van der Waals surface area contributed by atoms with Crippen molar-refractivity contribution in [3.63, 3.8) is 0 Å². The second kappa shape index (κ2) is 5.09. The third kappa shape index (κ3) is 2.14. The highest BCUT2D eigenvalue weighted by atomic mass is 16.7. The lowest BCUT2D eigenvalue weighted by molar-refractivity contribution is 0.00578. The van der Waals surface area contributed by atoms with E-state index < -0.39 is 18.3 Å². The van der Waals surface area contributed by atoms with E-state index in [1.807, 2.05) is 45.9 Å². The zero-order valence-electron chi connectivity index (χ0n) is 15.4. The number of benzene rings is 2. The third-order valence-electron chi connectivity index (χ3n) is 5.76. The summed E-state index contributed by atoms with van der Waals surface area (Å²) in [6.07, 6.45) is 1.75. The predicted molar refractivity (Wildman–Crippen MR) is 105 cm³/mol. The van der Waals surface area contributed by atoms with Crippen molar-refractivity contribution in [2.75, 3.05) is 0 Å². The van der Waals surface area contributed by atoms with Gasteiger partial charge in [0.25, 0.3) is 0 Å². The molecule has 5 heteroatoms. The van der Waals surface area contributed by atoms with E-state index in [1.165, 1.54) is 5.39 Å². The van der Waals surface area contributed by atoms with Gasteiger partial charge < -0.3 is 13.7 Å². The van der Waals surface area contributed by atoms with Crippen LogP contribution in [0.15, 0.2) is 53.1 Å². The molecule has 1 saturated heterocycles. The van der Waals surface area contributed by atoms with E-state index in [0.717, 1.165) is 32.9 Å². The molecule has 0 radical (unpaired) electrons. The van der Waals surface area contributed by atoms with Gasteiger partial charge in [-0.05, 0) is 56.7 Å². The fourth-order valence-electron chi connectivity index (χ4n) is 3.57. The molecule has 0 unspecified atom stereocenters. The van der Waals surface area contributed by atoms with Gasteiger partial charge in [0.1, 0.15) is 11.2 Å². The number of pyridine rings is 1. The van der Waals surface area contributed by atoms with E-state index in [0.29, 0.717) is 0 Å². The second-order valence-corrected chi connectivity index (χ2v) is 7.96. The SMILES string of the molecule is CC1(C)OB(c2nccc3oc4cc5ccccc5cc4c23)OC1(C)C. The smallest absolute Gasteiger partial charge is 0.456 e. The maximum atomic E-state index is 6.24. The normalized spacial score (nSPS) is 19.0. The molecule has 0 bridgehead atoms. The number of hydrogen-bond donors (Lipinski definition) is 0. The van der Waals surface area contributed by atoms with Crippen LogP contribution in [0, 0.1) is 0 Å². The number of hydrogen-bond acceptors (Lipinski definition) is 4. The average molecular weight is 345 g/mol. The van der Waals surface area contributed by atoms with Gasteiger partial charge in [0.15, 0.2) is 0 Å². The van der Waals surface area contributed by atoms with Crippen LogP contribution in [0.2, 0.25) is 0 Å². The first-order valence-electron chi connectivity index (χ1n) is 8.91. The number of furan rings is 1. The van der Waals surface area contributed by atoms with Crippen molar-refractivity contribution < 1.29 is 13.7 Å². The maximum Gasteiger partial charge on any atom is 0.515 e. The summed E-state index contributed by atoms with van der Waals surface area (Å²) in [6.45, 7) is 8.20. The van der Waals surface area contributed by atoms with Crippen LogP contribution in [-0.2, 0) is 9.31 Å². The number of fused-ring (bicyclic) bond motifs is 4. The Morgan fingerprint density at radius 3 is 2.19 bits per heavy atom. The quantitative estimate of drug-likeness (QED) is 0.479. The largest absolute Gasteiger partial charge is 0.515 e. The summed E-state index contributed by atoms with van der Waals surface area (Å²) in [7, 11) is -0.518. The van der Waals surface area contributed by atoms with E-state index in [2.05, 4.69) is 29.2 Å². The van der Waals surface area contributed by atoms with Gasteiger partial charge in [0.05, 0.1) is 16.8 Å². The first-order valence-corrected chi connectivity index (χ1v) is 8.91. The Bertz CT molecular complexity index is 1150. The summed E-state index contributed by atoms with van der Waals surface area (Å²) in [5.41, 5.74) is 1.61. The Balaban J connectivity index is 1.77. The molecule has 1 aliphatic rings. The van der Waals surface area contributed by atoms with Crippen molar-refractivity contribution in [2.24, 2.45) is 0 Å². The topological polar surface area (TPSA) is 44.5 Å². The summed E-state index contributed by atoms with van der Waals surface area (Å²) in [6, 6.07) is 14.4. The molecule has 4 aromatic rings. The Labute approximate surface area is 152 Å². The van der Waals surface area contributed by atoms with Crippen LogP contribution in [0.3, 0.4) is 0 Å². The molecule has 0 aliphatic carbocycles. The van der Waals surface area contributed by atoms with Gasteiger partial charge in [-0.25, -0.2) is 0 Å². The van der Waals surface area contributed by atoms with Gasteiger partial charge in [-0.1, -0.05) is 24.3 Å². The van der Waals surface area contributed by atoms with Gasteiger partial charge in [-0.3, -0.25) is 4.98 Å². The summed E-state index contributed by atoms with van der Waals surface area (Å²) < 4.78 is 18.6. The van der Waals surface area contributed by atoms with Crippen LogP contribution < -0.4 is 5.59 Å². The molecular weight excluding hydrogens is 325 g/mol. The Morgan fingerprint density at radius 2 is 1.50 bits per heavy atom. The molecule has 0 atom stereocenters. The Morgan fingerprint density at radius 1 is 0.846 bits per heavy atom. The van der Waals surface area contributed by atoms with Crippen LogP contribution in [0.25, 0.3) is 32.7 Å². The lowest BCUT2D eigenvalue weighted by Crippen LogP contribution is -2.41. The van der Waals surface area contributed by atoms with Crippen molar-refractivity contribution >= 4 is 45.4 Å². The van der Waals surface area contributed by atoms with Crippen molar-refractivity contribution in [2.45, 2.75) is 38.9 Å². The molecule has 1 aliphatic heterocycles. The van der Waals surface area contributed by atoms with Gasteiger partial charge in [-0.15, -0.1) is 0 Å². The predicted octanol–water partition coefficient (Wildman–Crippen LogP) is 4.43. The van der Waals surface area contributed by atoms with E-state index in [1.54, 1.807) is 6.20 Å². The monoisotopic (exact) mass is 345 g/mol. The number of nitrogens with zero attached hydrogens (tertiary/aromatic N) is 1. The number of rotatable bonds is 1. The first-order chi connectivity index (χ1) is 12.4. The van der Waals surface area contributed by atoms with Crippen LogP contribution in [0.1, 0.15) is 27.7 Å². The van der Waals surface area contributed by atoms with Gasteiger partial charge >= 0.3 is 7.12 Å². The van der Waals surface area contributed by atoms with Crippen molar-refractivity contribution in [3.8, 4) is 0 Å². The van der Waals surface area contributed by atoms with Crippen molar-refractivity contribution in [1.29, 1.82) is 0 Å². The molecule has 0 saturated carbocycles. The molecular formula is C21H20BNO3. The van der Waals surface area contributed by atoms with Gasteiger partial charge in [-0.2, -0.15) is 0 Å². The molecule has 0 spiro atoms. The van der Waals surface area contributed by atoms with Gasteiger partial charge in [0, 0.05) is 17.0 Å². The van der Waals surface area contributed by atoms with Crippen molar-refractivity contribution in [1.82, 2.24) is 4.98 Å². The molecule has 3 heterocycles. The molecule has 130 valence electrons. The minimum atomic E-state index is -0.518. The molecule has 4 nitrogen and oxygen atoms in total. The maximum absolute atomic E-state index is 6.24. The van der Waals surface area contributed by atoms with Crippen LogP contribution in [-0.4, -0.2) is 23.3 Å². The summed E-state index contributed by atoms with van der Waals surface area (Å²) >= 11 is 0. The third-order valence-corrected chi connectivity index (χ3v) is 5.76. The first kappa shape index (κ1) is 15.9. The standard InChI is InChI=1S/C21H20BNO3/c1-20(2)21(3,4)26-22(25-20)19-18-15-11-13-7-5-6-8-14(13)12-17(15)24-16(18)9-10-23-19/h5-12H,1-4H3. The summed E-state index contributed by atoms with van der Waals surface area (Å²) in [5.74, 6) is 0. The van der Waals surface area contributed by atoms with E-state index in [4.69, 9.17) is 13.7 Å². The summed E-state index contributed by atoms with van der Waals surface area (Å²) in [4.78, 5) is 4.61. The lowest BCUT2D eigenvalue weighted by atomic mass is 9.81. The second-order valence-electron chi connectivity index (χ2n) is 7.96. The fourth-order valence-corrected chi connectivity index (χ4v) is 3.57. The minimum absolute atomic E-state index is 0.409. The highest BCUT2D eigenvalue weighted by Crippen LogP contribution is 2.38. The summed E-state index contributed by atoms with van der Waals surface area (Å²) in [5, 5.41) is 4.33. The van der Waals surface area contributed by atoms with Crippen LogP contribution >= 0.6 is 0 Å². The molecule has 5 rings (SSSR count). The lowest BCUT2D eigenvalue weighted by Gasteiger charge is -2.32. The van der Waals surface area contributed by atoms with E-state index in [-0.39, 0.29) is 0 Å². The highest BCUT2D eigenvalue weighted by Gasteiger charge is 2.53. The molecule has 0 N–H and O–H groups in total. The molecule has 1 fully saturated rings. The molecule has 2 aromatic carbocycles. The number of aromatic nitrogens is 1.